The van der Waals surface area contributed by atoms with Gasteiger partial charge in [-0.3, -0.25) is 19.7 Å². The van der Waals surface area contributed by atoms with Crippen LogP contribution in [0.5, 0.6) is 0 Å². The van der Waals surface area contributed by atoms with Crippen molar-refractivity contribution >= 4 is 28.9 Å². The van der Waals surface area contributed by atoms with Crippen molar-refractivity contribution in [2.45, 2.75) is 19.8 Å². The largest absolute Gasteiger partial charge is 0.326 e. The van der Waals surface area contributed by atoms with E-state index in [1.54, 1.807) is 43.3 Å². The van der Waals surface area contributed by atoms with Crippen LogP contribution in [0, 0.1) is 10.1 Å². The van der Waals surface area contributed by atoms with E-state index in [4.69, 9.17) is 0 Å². The van der Waals surface area contributed by atoms with Crippen LogP contribution < -0.4 is 10.6 Å². The van der Waals surface area contributed by atoms with E-state index in [2.05, 4.69) is 10.6 Å². The fourth-order valence-corrected chi connectivity index (χ4v) is 2.13. The molecule has 0 saturated heterocycles. The van der Waals surface area contributed by atoms with Gasteiger partial charge in [0.2, 0.25) is 11.8 Å². The van der Waals surface area contributed by atoms with Gasteiger partial charge >= 0.3 is 0 Å². The van der Waals surface area contributed by atoms with Crippen molar-refractivity contribution in [2.75, 3.05) is 10.6 Å². The number of anilines is 2. The number of rotatable bonds is 5. The molecule has 0 saturated carbocycles. The van der Waals surface area contributed by atoms with Gasteiger partial charge in [0.25, 0.3) is 5.69 Å². The van der Waals surface area contributed by atoms with Crippen LogP contribution in [0.1, 0.15) is 25.3 Å². The van der Waals surface area contributed by atoms with Crippen molar-refractivity contribution in [1.82, 2.24) is 0 Å². The third-order valence-corrected chi connectivity index (χ3v) is 3.47. The smallest absolute Gasteiger partial charge is 0.269 e. The van der Waals surface area contributed by atoms with Crippen molar-refractivity contribution in [3.05, 3.63) is 64.2 Å². The number of non-ortho nitro benzene ring substituents is 1. The molecule has 2 aromatic rings. The summed E-state index contributed by atoms with van der Waals surface area (Å²) in [4.78, 5) is 33.4. The molecule has 2 aromatic carbocycles. The Morgan fingerprint density at radius 3 is 1.92 bits per heavy atom. The molecule has 0 bridgehead atoms. The zero-order valence-electron chi connectivity index (χ0n) is 13.3. The lowest BCUT2D eigenvalue weighted by Gasteiger charge is -2.13. The number of nitrogens with one attached hydrogen (secondary N) is 2. The van der Waals surface area contributed by atoms with Crippen LogP contribution in [0.25, 0.3) is 0 Å². The predicted octanol–water partition coefficient (Wildman–Crippen LogP) is 3.30. The Bertz CT molecular complexity index is 754. The lowest BCUT2D eigenvalue weighted by atomic mass is 10.00. The molecule has 0 radical (unpaired) electrons. The Balaban J connectivity index is 2.03. The van der Waals surface area contributed by atoms with E-state index in [0.29, 0.717) is 16.9 Å². The fourth-order valence-electron chi connectivity index (χ4n) is 2.13. The molecule has 0 aliphatic heterocycles. The molecular weight excluding hydrogens is 310 g/mol. The Labute approximate surface area is 138 Å². The first-order valence-electron chi connectivity index (χ1n) is 7.29. The summed E-state index contributed by atoms with van der Waals surface area (Å²) < 4.78 is 0. The molecule has 0 heterocycles. The first-order valence-corrected chi connectivity index (χ1v) is 7.29. The van der Waals surface area contributed by atoms with Crippen molar-refractivity contribution in [3.63, 3.8) is 0 Å². The predicted molar refractivity (Wildman–Crippen MR) is 90.9 cm³/mol. The van der Waals surface area contributed by atoms with E-state index in [9.17, 15) is 19.7 Å². The highest BCUT2D eigenvalue weighted by Gasteiger charge is 2.16. The Morgan fingerprint density at radius 2 is 1.46 bits per heavy atom. The van der Waals surface area contributed by atoms with E-state index in [1.165, 1.54) is 19.1 Å². The third-order valence-electron chi connectivity index (χ3n) is 3.47. The van der Waals surface area contributed by atoms with Crippen LogP contribution >= 0.6 is 0 Å². The molecule has 0 spiro atoms. The molecule has 7 nitrogen and oxygen atoms in total. The minimum atomic E-state index is -0.481. The zero-order chi connectivity index (χ0) is 17.7. The lowest BCUT2D eigenvalue weighted by molar-refractivity contribution is -0.384. The summed E-state index contributed by atoms with van der Waals surface area (Å²) in [6, 6.07) is 12.6. The van der Waals surface area contributed by atoms with Crippen LogP contribution in [0.4, 0.5) is 17.1 Å². The van der Waals surface area contributed by atoms with E-state index in [-0.39, 0.29) is 17.5 Å². The van der Waals surface area contributed by atoms with Crippen LogP contribution in [-0.4, -0.2) is 16.7 Å². The molecule has 0 aliphatic rings. The van der Waals surface area contributed by atoms with Gasteiger partial charge < -0.3 is 10.6 Å². The molecule has 7 heteroatoms. The Kier molecular flexibility index (Phi) is 5.26. The molecule has 0 aromatic heterocycles. The minimum Gasteiger partial charge on any atom is -0.326 e. The van der Waals surface area contributed by atoms with Gasteiger partial charge in [-0.05, 0) is 36.8 Å². The number of hydrogen-bond acceptors (Lipinski definition) is 4. The van der Waals surface area contributed by atoms with Gasteiger partial charge in [-0.2, -0.15) is 0 Å². The summed E-state index contributed by atoms with van der Waals surface area (Å²) in [6.45, 7) is 3.14. The monoisotopic (exact) mass is 327 g/mol. The second-order valence-electron chi connectivity index (χ2n) is 5.32. The van der Waals surface area contributed by atoms with Gasteiger partial charge in [-0.1, -0.05) is 12.1 Å². The van der Waals surface area contributed by atoms with Gasteiger partial charge in [-0.15, -0.1) is 0 Å². The number of nitro groups is 1. The standard InChI is InChI=1S/C17H17N3O4/c1-11(13-3-9-16(10-4-13)20(23)24)17(22)19-15-7-5-14(6-8-15)18-12(2)21/h3-11H,1-2H3,(H,18,21)(H,19,22)/t11-/m1/s1. The quantitative estimate of drug-likeness (QED) is 0.650. The number of amides is 2. The lowest BCUT2D eigenvalue weighted by Crippen LogP contribution is -2.18. The van der Waals surface area contributed by atoms with Crippen LogP contribution in [0.2, 0.25) is 0 Å². The molecule has 0 fully saturated rings. The topological polar surface area (TPSA) is 101 Å². The average molecular weight is 327 g/mol. The molecule has 24 heavy (non-hydrogen) atoms. The molecule has 0 unspecified atom stereocenters. The summed E-state index contributed by atoms with van der Waals surface area (Å²) in [5.74, 6) is -0.851. The van der Waals surface area contributed by atoms with Gasteiger partial charge in [0, 0.05) is 30.4 Å². The first-order chi connectivity index (χ1) is 11.4. The molecular formula is C17H17N3O4. The summed E-state index contributed by atoms with van der Waals surface area (Å²) in [5, 5.41) is 16.1. The van der Waals surface area contributed by atoms with Gasteiger partial charge in [-0.25, -0.2) is 0 Å². The third kappa shape index (κ3) is 4.39. The van der Waals surface area contributed by atoms with Gasteiger partial charge in [0.1, 0.15) is 0 Å². The molecule has 124 valence electrons. The van der Waals surface area contributed by atoms with Crippen molar-refractivity contribution in [2.24, 2.45) is 0 Å². The zero-order valence-corrected chi connectivity index (χ0v) is 13.3. The van der Waals surface area contributed by atoms with Crippen LogP contribution in [0.15, 0.2) is 48.5 Å². The summed E-state index contributed by atoms with van der Waals surface area (Å²) in [6.07, 6.45) is 0. The SMILES string of the molecule is CC(=O)Nc1ccc(NC(=O)[C@H](C)c2ccc([N+](=O)[O-])cc2)cc1. The molecule has 2 N–H and O–H groups in total. The summed E-state index contributed by atoms with van der Waals surface area (Å²) in [5.41, 5.74) is 1.92. The van der Waals surface area contributed by atoms with E-state index in [0.717, 1.165) is 0 Å². The number of nitro benzene ring substituents is 1. The Hall–Kier alpha value is -3.22. The molecule has 1 atom stereocenters. The minimum absolute atomic E-state index is 0.0140. The fraction of sp³-hybridized carbons (Fsp3) is 0.176. The van der Waals surface area contributed by atoms with Crippen LogP contribution in [-0.2, 0) is 9.59 Å². The number of hydrogen-bond donors (Lipinski definition) is 2. The molecule has 2 amide bonds. The average Bonchev–Trinajstić information content (AvgIpc) is 2.55. The van der Waals surface area contributed by atoms with Gasteiger partial charge in [0.15, 0.2) is 0 Å². The van der Waals surface area contributed by atoms with Crippen molar-refractivity contribution in [1.29, 1.82) is 0 Å². The highest BCUT2D eigenvalue weighted by Crippen LogP contribution is 2.21. The summed E-state index contributed by atoms with van der Waals surface area (Å²) in [7, 11) is 0. The maximum absolute atomic E-state index is 12.3. The highest BCUT2D eigenvalue weighted by atomic mass is 16.6. The van der Waals surface area contributed by atoms with Crippen molar-refractivity contribution in [3.8, 4) is 0 Å². The maximum atomic E-state index is 12.3. The van der Waals surface area contributed by atoms with E-state index < -0.39 is 10.8 Å². The van der Waals surface area contributed by atoms with Gasteiger partial charge in [0.05, 0.1) is 10.8 Å². The van der Waals surface area contributed by atoms with Crippen LogP contribution in [0.3, 0.4) is 0 Å². The number of carbonyl (C=O) groups excluding carboxylic acids is 2. The van der Waals surface area contributed by atoms with Crippen molar-refractivity contribution < 1.29 is 14.5 Å². The number of carbonyl (C=O) groups is 2. The number of nitrogens with zero attached hydrogens (tertiary/aromatic N) is 1. The maximum Gasteiger partial charge on any atom is 0.269 e. The summed E-state index contributed by atoms with van der Waals surface area (Å²) >= 11 is 0. The Morgan fingerprint density at radius 1 is 0.958 bits per heavy atom. The second-order valence-corrected chi connectivity index (χ2v) is 5.32. The molecule has 2 rings (SSSR count). The normalized spacial score (nSPS) is 11.4. The first kappa shape index (κ1) is 17.1. The van der Waals surface area contributed by atoms with E-state index in [1.807, 2.05) is 0 Å². The molecule has 0 aliphatic carbocycles. The highest BCUT2D eigenvalue weighted by molar-refractivity contribution is 5.96. The van der Waals surface area contributed by atoms with E-state index >= 15 is 0 Å². The number of benzene rings is 2. The second kappa shape index (κ2) is 7.36.